The molecule has 0 radical (unpaired) electrons. The molecule has 1 amide bonds. The summed E-state index contributed by atoms with van der Waals surface area (Å²) in [5.74, 6) is -1.07. The molecule has 1 aromatic heterocycles. The lowest BCUT2D eigenvalue weighted by atomic mass is 10.4. The SMILES string of the molecule is CCON(C=O)c1ccsc1C(=O)O. The van der Waals surface area contributed by atoms with E-state index in [1.54, 1.807) is 12.3 Å². The molecule has 0 spiro atoms. The van der Waals surface area contributed by atoms with Gasteiger partial charge in [0.1, 0.15) is 4.88 Å². The summed E-state index contributed by atoms with van der Waals surface area (Å²) in [5, 5.41) is 11.3. The van der Waals surface area contributed by atoms with E-state index in [0.29, 0.717) is 13.0 Å². The van der Waals surface area contributed by atoms with Gasteiger partial charge in [0.05, 0.1) is 12.3 Å². The number of hydrogen-bond donors (Lipinski definition) is 1. The Labute approximate surface area is 84.5 Å². The first kappa shape index (κ1) is 10.7. The summed E-state index contributed by atoms with van der Waals surface area (Å²) in [7, 11) is 0. The molecule has 0 fully saturated rings. The molecule has 5 nitrogen and oxygen atoms in total. The van der Waals surface area contributed by atoms with Crippen molar-refractivity contribution in [2.24, 2.45) is 0 Å². The highest BCUT2D eigenvalue weighted by Gasteiger charge is 2.17. The molecule has 76 valence electrons. The van der Waals surface area contributed by atoms with Crippen LogP contribution in [-0.4, -0.2) is 24.1 Å². The average Bonchev–Trinajstić information content (AvgIpc) is 2.62. The molecule has 1 N–H and O–H groups in total. The molecule has 0 atom stereocenters. The highest BCUT2D eigenvalue weighted by molar-refractivity contribution is 7.12. The van der Waals surface area contributed by atoms with E-state index in [0.717, 1.165) is 16.4 Å². The van der Waals surface area contributed by atoms with Crippen molar-refractivity contribution in [1.29, 1.82) is 0 Å². The Morgan fingerprint density at radius 3 is 3.00 bits per heavy atom. The van der Waals surface area contributed by atoms with E-state index >= 15 is 0 Å². The molecule has 1 rings (SSSR count). The van der Waals surface area contributed by atoms with Gasteiger partial charge in [-0.05, 0) is 18.4 Å². The van der Waals surface area contributed by atoms with E-state index in [1.165, 1.54) is 6.07 Å². The Kier molecular flexibility index (Phi) is 3.61. The summed E-state index contributed by atoms with van der Waals surface area (Å²) < 4.78 is 0. The van der Waals surface area contributed by atoms with Crippen molar-refractivity contribution in [1.82, 2.24) is 0 Å². The van der Waals surface area contributed by atoms with Crippen molar-refractivity contribution in [2.75, 3.05) is 11.7 Å². The van der Waals surface area contributed by atoms with Crippen LogP contribution in [0, 0.1) is 0 Å². The van der Waals surface area contributed by atoms with Crippen LogP contribution in [0.2, 0.25) is 0 Å². The van der Waals surface area contributed by atoms with Crippen LogP contribution < -0.4 is 5.06 Å². The number of carbonyl (C=O) groups is 2. The first-order valence-electron chi connectivity index (χ1n) is 3.89. The Balaban J connectivity index is 2.97. The molecule has 1 aromatic rings. The molecule has 0 unspecified atom stereocenters. The van der Waals surface area contributed by atoms with E-state index < -0.39 is 5.97 Å². The molecule has 0 aliphatic rings. The number of nitrogens with zero attached hydrogens (tertiary/aromatic N) is 1. The third-order valence-electron chi connectivity index (χ3n) is 1.44. The molecule has 0 saturated heterocycles. The molecule has 6 heteroatoms. The molecule has 0 aliphatic carbocycles. The number of hydroxylamine groups is 1. The zero-order chi connectivity index (χ0) is 10.6. The highest BCUT2D eigenvalue weighted by atomic mass is 32.1. The quantitative estimate of drug-likeness (QED) is 0.595. The minimum atomic E-state index is -1.07. The van der Waals surface area contributed by atoms with Gasteiger partial charge < -0.3 is 5.11 Å². The van der Waals surface area contributed by atoms with Gasteiger partial charge in [0.15, 0.2) is 0 Å². The first-order chi connectivity index (χ1) is 6.70. The van der Waals surface area contributed by atoms with Gasteiger partial charge in [-0.15, -0.1) is 11.3 Å². The standard InChI is InChI=1S/C8H9NO4S/c1-2-13-9(5-10)6-3-4-14-7(6)8(11)12/h3-5H,2H2,1H3,(H,11,12). The number of hydrogen-bond acceptors (Lipinski definition) is 4. The monoisotopic (exact) mass is 215 g/mol. The summed E-state index contributed by atoms with van der Waals surface area (Å²) in [5.41, 5.74) is 0.263. The van der Waals surface area contributed by atoms with Gasteiger partial charge in [0, 0.05) is 0 Å². The highest BCUT2D eigenvalue weighted by Crippen LogP contribution is 2.25. The third-order valence-corrected chi connectivity index (χ3v) is 2.33. The maximum Gasteiger partial charge on any atom is 0.348 e. The molecule has 0 aliphatic heterocycles. The summed E-state index contributed by atoms with van der Waals surface area (Å²) in [6.07, 6.45) is 0.442. The molecule has 0 saturated carbocycles. The fraction of sp³-hybridized carbons (Fsp3) is 0.250. The van der Waals surface area contributed by atoms with Crippen LogP contribution >= 0.6 is 11.3 Å². The van der Waals surface area contributed by atoms with Crippen LogP contribution in [-0.2, 0) is 9.63 Å². The number of carboxylic acids is 1. The van der Waals surface area contributed by atoms with Crippen LogP contribution in [0.15, 0.2) is 11.4 Å². The van der Waals surface area contributed by atoms with Crippen molar-refractivity contribution in [3.05, 3.63) is 16.3 Å². The van der Waals surface area contributed by atoms with Crippen LogP contribution in [0.4, 0.5) is 5.69 Å². The molecule has 14 heavy (non-hydrogen) atoms. The average molecular weight is 215 g/mol. The topological polar surface area (TPSA) is 66.8 Å². The van der Waals surface area contributed by atoms with E-state index in [9.17, 15) is 9.59 Å². The van der Waals surface area contributed by atoms with Crippen LogP contribution in [0.25, 0.3) is 0 Å². The van der Waals surface area contributed by atoms with E-state index in [1.807, 2.05) is 0 Å². The van der Waals surface area contributed by atoms with Gasteiger partial charge in [-0.25, -0.2) is 4.79 Å². The maximum absolute atomic E-state index is 10.7. The second-order valence-corrected chi connectivity index (χ2v) is 3.21. The Morgan fingerprint density at radius 1 is 1.79 bits per heavy atom. The fourth-order valence-electron chi connectivity index (χ4n) is 0.932. The second kappa shape index (κ2) is 4.73. The van der Waals surface area contributed by atoms with Crippen LogP contribution in [0.3, 0.4) is 0 Å². The number of amides is 1. The predicted octanol–water partition coefficient (Wildman–Crippen LogP) is 1.36. The number of rotatable bonds is 5. The first-order valence-corrected chi connectivity index (χ1v) is 4.77. The molecule has 0 bridgehead atoms. The Morgan fingerprint density at radius 2 is 2.50 bits per heavy atom. The minimum absolute atomic E-state index is 0.0885. The van der Waals surface area contributed by atoms with E-state index in [4.69, 9.17) is 9.94 Å². The zero-order valence-corrected chi connectivity index (χ0v) is 8.28. The summed E-state index contributed by atoms with van der Waals surface area (Å²) in [4.78, 5) is 26.3. The largest absolute Gasteiger partial charge is 0.477 e. The van der Waals surface area contributed by atoms with Gasteiger partial charge >= 0.3 is 5.97 Å². The lowest BCUT2D eigenvalue weighted by Crippen LogP contribution is -2.22. The van der Waals surface area contributed by atoms with Crippen LogP contribution in [0.1, 0.15) is 16.6 Å². The van der Waals surface area contributed by atoms with Crippen molar-refractivity contribution in [3.63, 3.8) is 0 Å². The lowest BCUT2D eigenvalue weighted by molar-refractivity contribution is -0.113. The fourth-order valence-corrected chi connectivity index (χ4v) is 1.64. The van der Waals surface area contributed by atoms with Crippen molar-refractivity contribution in [2.45, 2.75) is 6.92 Å². The van der Waals surface area contributed by atoms with E-state index in [-0.39, 0.29) is 10.6 Å². The zero-order valence-electron chi connectivity index (χ0n) is 7.47. The summed E-state index contributed by atoms with van der Waals surface area (Å²) in [6.45, 7) is 2.01. The van der Waals surface area contributed by atoms with Crippen molar-refractivity contribution in [3.8, 4) is 0 Å². The number of carbonyl (C=O) groups excluding carboxylic acids is 1. The second-order valence-electron chi connectivity index (χ2n) is 2.29. The van der Waals surface area contributed by atoms with E-state index in [2.05, 4.69) is 0 Å². The predicted molar refractivity (Wildman–Crippen MR) is 51.4 cm³/mol. The molecule has 0 aromatic carbocycles. The van der Waals surface area contributed by atoms with Gasteiger partial charge in [-0.3, -0.25) is 9.63 Å². The Hall–Kier alpha value is -1.40. The van der Waals surface area contributed by atoms with Gasteiger partial charge in [-0.2, -0.15) is 5.06 Å². The lowest BCUT2D eigenvalue weighted by Gasteiger charge is -2.14. The smallest absolute Gasteiger partial charge is 0.348 e. The molecular weight excluding hydrogens is 206 g/mol. The van der Waals surface area contributed by atoms with Crippen molar-refractivity contribution < 1.29 is 19.5 Å². The normalized spacial score (nSPS) is 9.79. The number of anilines is 1. The van der Waals surface area contributed by atoms with Gasteiger partial charge in [0.2, 0.25) is 6.41 Å². The third kappa shape index (κ3) is 2.09. The minimum Gasteiger partial charge on any atom is -0.477 e. The Bertz CT molecular complexity index is 336. The molecular formula is C8H9NO4S. The molecule has 1 heterocycles. The van der Waals surface area contributed by atoms with Crippen molar-refractivity contribution >= 4 is 29.4 Å². The van der Waals surface area contributed by atoms with Crippen LogP contribution in [0.5, 0.6) is 0 Å². The number of carboxylic acid groups (broad SMARTS) is 1. The van der Waals surface area contributed by atoms with Gasteiger partial charge in [-0.1, -0.05) is 0 Å². The number of aromatic carboxylic acids is 1. The number of thiophene rings is 1. The summed E-state index contributed by atoms with van der Waals surface area (Å²) in [6, 6.07) is 1.53. The maximum atomic E-state index is 10.7. The van der Waals surface area contributed by atoms with Gasteiger partial charge in [0.25, 0.3) is 0 Å². The summed E-state index contributed by atoms with van der Waals surface area (Å²) >= 11 is 1.05.